The lowest BCUT2D eigenvalue weighted by molar-refractivity contribution is 0.173. The number of hydrogen-bond acceptors (Lipinski definition) is 3. The maximum atomic E-state index is 9.72. The summed E-state index contributed by atoms with van der Waals surface area (Å²) in [5.74, 6) is 0. The van der Waals surface area contributed by atoms with Crippen molar-refractivity contribution in [2.75, 3.05) is 0 Å². The molecule has 0 bridgehead atoms. The van der Waals surface area contributed by atoms with E-state index in [4.69, 9.17) is 5.26 Å². The lowest BCUT2D eigenvalue weighted by Crippen LogP contribution is -1.98. The van der Waals surface area contributed by atoms with Gasteiger partial charge in [-0.1, -0.05) is 6.92 Å². The molecule has 2 heterocycles. The van der Waals surface area contributed by atoms with Gasteiger partial charge in [-0.05, 0) is 35.7 Å². The van der Waals surface area contributed by atoms with E-state index < -0.39 is 6.10 Å². The molecular weight excluding hydrogens is 226 g/mol. The van der Waals surface area contributed by atoms with E-state index in [9.17, 15) is 5.11 Å². The summed E-state index contributed by atoms with van der Waals surface area (Å²) in [5, 5.41) is 18.5. The number of aliphatic hydroxyl groups is 1. The van der Waals surface area contributed by atoms with Crippen molar-refractivity contribution in [3.05, 3.63) is 53.6 Å². The molecule has 1 atom stereocenters. The first-order valence-corrected chi connectivity index (χ1v) is 5.91. The van der Waals surface area contributed by atoms with Crippen molar-refractivity contribution in [2.45, 2.75) is 26.0 Å². The van der Waals surface area contributed by atoms with Crippen molar-refractivity contribution in [1.82, 2.24) is 9.55 Å². The smallest absolute Gasteiger partial charge is 0.140 e. The van der Waals surface area contributed by atoms with Crippen molar-refractivity contribution < 1.29 is 5.11 Å². The number of pyridine rings is 1. The molecule has 0 aliphatic heterocycles. The average molecular weight is 241 g/mol. The molecule has 4 heteroatoms. The van der Waals surface area contributed by atoms with E-state index in [1.54, 1.807) is 12.3 Å². The fraction of sp³-hybridized carbons (Fsp3) is 0.286. The molecule has 0 radical (unpaired) electrons. The molecule has 0 amide bonds. The number of aliphatic hydroxyl groups excluding tert-OH is 1. The molecule has 0 saturated heterocycles. The molecule has 0 fully saturated rings. The molecular formula is C14H15N3O. The van der Waals surface area contributed by atoms with E-state index in [2.05, 4.69) is 4.98 Å². The minimum atomic E-state index is -0.404. The number of rotatable bonds is 4. The van der Waals surface area contributed by atoms with Crippen molar-refractivity contribution in [3.63, 3.8) is 0 Å². The third-order valence-electron chi connectivity index (χ3n) is 2.85. The highest BCUT2D eigenvalue weighted by Crippen LogP contribution is 2.17. The molecule has 92 valence electrons. The maximum Gasteiger partial charge on any atom is 0.140 e. The second kappa shape index (κ2) is 5.48. The largest absolute Gasteiger partial charge is 0.388 e. The Morgan fingerprint density at radius 3 is 3.06 bits per heavy atom. The van der Waals surface area contributed by atoms with Gasteiger partial charge in [0.2, 0.25) is 0 Å². The molecule has 0 aromatic carbocycles. The summed E-state index contributed by atoms with van der Waals surface area (Å²) in [4.78, 5) is 3.94. The molecule has 4 nitrogen and oxygen atoms in total. The van der Waals surface area contributed by atoms with Gasteiger partial charge in [-0.2, -0.15) is 5.26 Å². The van der Waals surface area contributed by atoms with Crippen LogP contribution in [0.25, 0.3) is 0 Å². The van der Waals surface area contributed by atoms with Crippen LogP contribution in [0, 0.1) is 11.3 Å². The normalized spacial score (nSPS) is 12.1. The van der Waals surface area contributed by atoms with Crippen LogP contribution in [0.1, 0.15) is 36.3 Å². The quantitative estimate of drug-likeness (QED) is 0.893. The highest BCUT2D eigenvalue weighted by atomic mass is 16.3. The van der Waals surface area contributed by atoms with Gasteiger partial charge in [0.15, 0.2) is 0 Å². The van der Waals surface area contributed by atoms with E-state index in [1.807, 2.05) is 42.1 Å². The molecule has 0 spiro atoms. The van der Waals surface area contributed by atoms with Gasteiger partial charge < -0.3 is 9.67 Å². The summed E-state index contributed by atoms with van der Waals surface area (Å²) < 4.78 is 1.99. The van der Waals surface area contributed by atoms with Crippen molar-refractivity contribution in [3.8, 4) is 6.07 Å². The van der Waals surface area contributed by atoms with E-state index in [0.717, 1.165) is 11.1 Å². The Labute approximate surface area is 106 Å². The zero-order valence-corrected chi connectivity index (χ0v) is 10.2. The topological polar surface area (TPSA) is 61.8 Å². The van der Waals surface area contributed by atoms with Crippen LogP contribution in [0.3, 0.4) is 0 Å². The predicted octanol–water partition coefficient (Wildman–Crippen LogP) is 2.25. The van der Waals surface area contributed by atoms with Crippen LogP contribution < -0.4 is 0 Å². The minimum absolute atomic E-state index is 0.404. The fourth-order valence-corrected chi connectivity index (χ4v) is 1.84. The van der Waals surface area contributed by atoms with Crippen molar-refractivity contribution >= 4 is 0 Å². The average Bonchev–Trinajstić information content (AvgIpc) is 2.86. The van der Waals surface area contributed by atoms with Crippen molar-refractivity contribution in [2.24, 2.45) is 0 Å². The lowest BCUT2D eigenvalue weighted by Gasteiger charge is -2.05. The molecule has 2 aromatic rings. The van der Waals surface area contributed by atoms with Gasteiger partial charge in [0, 0.05) is 25.1 Å². The molecule has 0 saturated carbocycles. The lowest BCUT2D eigenvalue weighted by atomic mass is 10.1. The first-order valence-electron chi connectivity index (χ1n) is 5.91. The standard InChI is InChI=1S/C14H15N3O/c1-2-14(18)12-4-6-17(10-12)9-11-3-5-16-13(7-11)8-15/h3-7,10,14,18H,2,9H2,1H3. The van der Waals surface area contributed by atoms with Crippen LogP contribution in [-0.2, 0) is 6.54 Å². The molecule has 18 heavy (non-hydrogen) atoms. The van der Waals surface area contributed by atoms with Crippen molar-refractivity contribution in [1.29, 1.82) is 5.26 Å². The van der Waals surface area contributed by atoms with E-state index in [0.29, 0.717) is 18.7 Å². The zero-order valence-electron chi connectivity index (χ0n) is 10.2. The Kier molecular flexibility index (Phi) is 3.75. The highest BCUT2D eigenvalue weighted by molar-refractivity contribution is 5.26. The Morgan fingerprint density at radius 2 is 2.33 bits per heavy atom. The number of hydrogen-bond donors (Lipinski definition) is 1. The molecule has 2 aromatic heterocycles. The van der Waals surface area contributed by atoms with Gasteiger partial charge >= 0.3 is 0 Å². The maximum absolute atomic E-state index is 9.72. The van der Waals surface area contributed by atoms with Gasteiger partial charge in [-0.15, -0.1) is 0 Å². The minimum Gasteiger partial charge on any atom is -0.388 e. The van der Waals surface area contributed by atoms with Crippen LogP contribution in [0.15, 0.2) is 36.8 Å². The van der Waals surface area contributed by atoms with Crippen LogP contribution in [0.2, 0.25) is 0 Å². The van der Waals surface area contributed by atoms with Crippen LogP contribution in [0.4, 0.5) is 0 Å². The summed E-state index contributed by atoms with van der Waals surface area (Å²) in [5.41, 5.74) is 2.37. The van der Waals surface area contributed by atoms with Gasteiger partial charge in [0.25, 0.3) is 0 Å². The first-order chi connectivity index (χ1) is 8.72. The predicted molar refractivity (Wildman–Crippen MR) is 67.7 cm³/mol. The summed E-state index contributed by atoms with van der Waals surface area (Å²) >= 11 is 0. The Bertz CT molecular complexity index is 568. The number of aromatic nitrogens is 2. The SMILES string of the molecule is CCC(O)c1ccn(Cc2ccnc(C#N)c2)c1. The fourth-order valence-electron chi connectivity index (χ4n) is 1.84. The molecule has 1 unspecified atom stereocenters. The number of nitrogens with zero attached hydrogens (tertiary/aromatic N) is 3. The second-order valence-electron chi connectivity index (χ2n) is 4.20. The van der Waals surface area contributed by atoms with E-state index in [-0.39, 0.29) is 0 Å². The Morgan fingerprint density at radius 1 is 1.50 bits per heavy atom. The molecule has 0 aliphatic rings. The molecule has 0 aliphatic carbocycles. The third kappa shape index (κ3) is 2.76. The Balaban J connectivity index is 2.14. The Hall–Kier alpha value is -2.12. The van der Waals surface area contributed by atoms with Gasteiger partial charge in [0.1, 0.15) is 11.8 Å². The first kappa shape index (κ1) is 12.3. The van der Waals surface area contributed by atoms with Crippen LogP contribution >= 0.6 is 0 Å². The van der Waals surface area contributed by atoms with Gasteiger partial charge in [0.05, 0.1) is 6.10 Å². The number of nitriles is 1. The van der Waals surface area contributed by atoms with Crippen LogP contribution in [0.5, 0.6) is 0 Å². The monoisotopic (exact) mass is 241 g/mol. The van der Waals surface area contributed by atoms with Gasteiger partial charge in [-0.25, -0.2) is 4.98 Å². The summed E-state index contributed by atoms with van der Waals surface area (Å²) in [6.07, 6.45) is 5.80. The van der Waals surface area contributed by atoms with Crippen LogP contribution in [-0.4, -0.2) is 14.7 Å². The molecule has 1 N–H and O–H groups in total. The van der Waals surface area contributed by atoms with E-state index in [1.165, 1.54) is 0 Å². The summed E-state index contributed by atoms with van der Waals surface area (Å²) in [6.45, 7) is 2.62. The molecule has 2 rings (SSSR count). The summed E-state index contributed by atoms with van der Waals surface area (Å²) in [7, 11) is 0. The highest BCUT2D eigenvalue weighted by Gasteiger charge is 2.06. The third-order valence-corrected chi connectivity index (χ3v) is 2.85. The second-order valence-corrected chi connectivity index (χ2v) is 4.20. The summed E-state index contributed by atoms with van der Waals surface area (Å²) in [6, 6.07) is 7.60. The van der Waals surface area contributed by atoms with E-state index >= 15 is 0 Å². The zero-order chi connectivity index (χ0) is 13.0. The van der Waals surface area contributed by atoms with Gasteiger partial charge in [-0.3, -0.25) is 0 Å².